The summed E-state index contributed by atoms with van der Waals surface area (Å²) < 4.78 is 11.3. The van der Waals surface area contributed by atoms with Crippen molar-refractivity contribution < 1.29 is 29.6 Å². The van der Waals surface area contributed by atoms with Crippen LogP contribution in [0.5, 0.6) is 0 Å². The SMILES string of the molecule is CC1O[C@@H](O[C@H](C)CCCCCCCCC(=O)NCCO)[C@@H](O)C[C@H]1O. The molecule has 1 amide bonds. The van der Waals surface area contributed by atoms with Crippen molar-refractivity contribution in [3.63, 3.8) is 0 Å². The third-order valence-electron chi connectivity index (χ3n) is 4.75. The van der Waals surface area contributed by atoms with E-state index >= 15 is 0 Å². The summed E-state index contributed by atoms with van der Waals surface area (Å²) in [5.41, 5.74) is 0. The van der Waals surface area contributed by atoms with Gasteiger partial charge in [-0.15, -0.1) is 0 Å². The Morgan fingerprint density at radius 1 is 1.15 bits per heavy atom. The summed E-state index contributed by atoms with van der Waals surface area (Å²) in [7, 11) is 0. The van der Waals surface area contributed by atoms with Gasteiger partial charge < -0.3 is 30.1 Å². The van der Waals surface area contributed by atoms with Gasteiger partial charge in [0.25, 0.3) is 0 Å². The first-order chi connectivity index (χ1) is 12.4. The zero-order chi connectivity index (χ0) is 19.4. The zero-order valence-corrected chi connectivity index (χ0v) is 16.2. The third kappa shape index (κ3) is 9.83. The Hall–Kier alpha value is -0.730. The molecule has 0 aliphatic carbocycles. The van der Waals surface area contributed by atoms with E-state index in [0.717, 1.165) is 44.9 Å². The Morgan fingerprint density at radius 3 is 2.50 bits per heavy atom. The van der Waals surface area contributed by atoms with Gasteiger partial charge in [0.05, 0.1) is 24.9 Å². The molecule has 26 heavy (non-hydrogen) atoms. The molecule has 1 rings (SSSR count). The van der Waals surface area contributed by atoms with Crippen LogP contribution in [-0.2, 0) is 14.3 Å². The number of amides is 1. The number of aliphatic hydroxyl groups excluding tert-OH is 3. The predicted octanol–water partition coefficient (Wildman–Crippen LogP) is 1.48. The number of unbranched alkanes of at least 4 members (excludes halogenated alkanes) is 5. The lowest BCUT2D eigenvalue weighted by atomic mass is 10.0. The van der Waals surface area contributed by atoms with Gasteiger partial charge >= 0.3 is 0 Å². The van der Waals surface area contributed by atoms with Crippen LogP contribution in [0.15, 0.2) is 0 Å². The Bertz CT molecular complexity index is 381. The number of hydrogen-bond donors (Lipinski definition) is 4. The van der Waals surface area contributed by atoms with Crippen LogP contribution in [-0.4, -0.2) is 65.1 Å². The van der Waals surface area contributed by atoms with Gasteiger partial charge in [-0.3, -0.25) is 4.79 Å². The molecule has 0 aromatic carbocycles. The fourth-order valence-corrected chi connectivity index (χ4v) is 3.07. The molecule has 0 radical (unpaired) electrons. The molecule has 0 spiro atoms. The van der Waals surface area contributed by atoms with E-state index in [1.54, 1.807) is 6.92 Å². The summed E-state index contributed by atoms with van der Waals surface area (Å²) in [6, 6.07) is 0. The molecule has 1 heterocycles. The maximum Gasteiger partial charge on any atom is 0.220 e. The number of rotatable bonds is 13. The molecule has 5 atom stereocenters. The summed E-state index contributed by atoms with van der Waals surface area (Å²) >= 11 is 0. The number of aliphatic hydroxyl groups is 3. The predicted molar refractivity (Wildman–Crippen MR) is 98.5 cm³/mol. The first-order valence-corrected chi connectivity index (χ1v) is 9.98. The highest BCUT2D eigenvalue weighted by molar-refractivity contribution is 5.75. The molecular formula is C19H37NO6. The van der Waals surface area contributed by atoms with Gasteiger partial charge in [-0.2, -0.15) is 0 Å². The number of carbonyl (C=O) groups excluding carboxylic acids is 1. The van der Waals surface area contributed by atoms with Crippen molar-refractivity contribution in [2.24, 2.45) is 0 Å². The molecule has 1 aliphatic rings. The highest BCUT2D eigenvalue weighted by Gasteiger charge is 2.35. The molecule has 0 bridgehead atoms. The standard InChI is InChI=1S/C19H37NO6/c1-14(25-19-17(23)13-16(22)15(2)26-19)9-7-5-3-4-6-8-10-18(24)20-11-12-21/h14-17,19,21-23H,3-13H2,1-2H3,(H,20,24)/t14-,15?,16-,17+,19-/m1/s1. The molecule has 7 heteroatoms. The van der Waals surface area contributed by atoms with Crippen LogP contribution in [0.1, 0.15) is 71.6 Å². The van der Waals surface area contributed by atoms with Gasteiger partial charge in [-0.25, -0.2) is 0 Å². The maximum absolute atomic E-state index is 11.4. The van der Waals surface area contributed by atoms with Gasteiger partial charge in [0.15, 0.2) is 6.29 Å². The van der Waals surface area contributed by atoms with Crippen molar-refractivity contribution in [3.05, 3.63) is 0 Å². The molecule has 0 aromatic rings. The molecule has 1 saturated heterocycles. The molecule has 0 saturated carbocycles. The second kappa shape index (κ2) is 13.4. The Morgan fingerprint density at radius 2 is 1.81 bits per heavy atom. The van der Waals surface area contributed by atoms with E-state index in [9.17, 15) is 15.0 Å². The molecule has 4 N–H and O–H groups in total. The minimum absolute atomic E-state index is 0.00677. The van der Waals surface area contributed by atoms with E-state index in [2.05, 4.69) is 5.32 Å². The quantitative estimate of drug-likeness (QED) is 0.363. The van der Waals surface area contributed by atoms with Crippen LogP contribution in [0.4, 0.5) is 0 Å². The average molecular weight is 376 g/mol. The van der Waals surface area contributed by atoms with Crippen molar-refractivity contribution in [2.45, 2.75) is 102 Å². The van der Waals surface area contributed by atoms with Gasteiger partial charge in [-0.05, 0) is 26.7 Å². The monoisotopic (exact) mass is 375 g/mol. The molecule has 154 valence electrons. The zero-order valence-electron chi connectivity index (χ0n) is 16.2. The lowest BCUT2D eigenvalue weighted by Crippen LogP contribution is -2.48. The van der Waals surface area contributed by atoms with Crippen molar-refractivity contribution in [1.82, 2.24) is 5.32 Å². The summed E-state index contributed by atoms with van der Waals surface area (Å²) in [6.07, 6.45) is 5.70. The van der Waals surface area contributed by atoms with Crippen LogP contribution in [0.25, 0.3) is 0 Å². The summed E-state index contributed by atoms with van der Waals surface area (Å²) in [6.45, 7) is 4.09. The fraction of sp³-hybridized carbons (Fsp3) is 0.947. The number of nitrogens with one attached hydrogen (secondary N) is 1. The topological polar surface area (TPSA) is 108 Å². The van der Waals surface area contributed by atoms with Gasteiger partial charge in [0, 0.05) is 19.4 Å². The first-order valence-electron chi connectivity index (χ1n) is 9.98. The molecular weight excluding hydrogens is 338 g/mol. The largest absolute Gasteiger partial charge is 0.395 e. The van der Waals surface area contributed by atoms with Crippen molar-refractivity contribution >= 4 is 5.91 Å². The van der Waals surface area contributed by atoms with Crippen LogP contribution in [0.3, 0.4) is 0 Å². The highest BCUT2D eigenvalue weighted by atomic mass is 16.7. The lowest BCUT2D eigenvalue weighted by molar-refractivity contribution is -0.273. The highest BCUT2D eigenvalue weighted by Crippen LogP contribution is 2.23. The normalized spacial score (nSPS) is 27.3. The fourth-order valence-electron chi connectivity index (χ4n) is 3.07. The van der Waals surface area contributed by atoms with E-state index in [-0.39, 0.29) is 31.1 Å². The van der Waals surface area contributed by atoms with Crippen LogP contribution in [0, 0.1) is 0 Å². The van der Waals surface area contributed by atoms with E-state index in [1.807, 2.05) is 6.92 Å². The maximum atomic E-state index is 11.4. The third-order valence-corrected chi connectivity index (χ3v) is 4.75. The molecule has 7 nitrogen and oxygen atoms in total. The van der Waals surface area contributed by atoms with E-state index < -0.39 is 18.5 Å². The first kappa shape index (κ1) is 23.3. The van der Waals surface area contributed by atoms with Crippen LogP contribution < -0.4 is 5.32 Å². The van der Waals surface area contributed by atoms with Crippen molar-refractivity contribution in [2.75, 3.05) is 13.2 Å². The van der Waals surface area contributed by atoms with Crippen molar-refractivity contribution in [3.8, 4) is 0 Å². The second-order valence-corrected chi connectivity index (χ2v) is 7.26. The molecule has 1 aliphatic heterocycles. The Labute approximate surface area is 157 Å². The van der Waals surface area contributed by atoms with Crippen LogP contribution in [0.2, 0.25) is 0 Å². The molecule has 1 unspecified atom stereocenters. The second-order valence-electron chi connectivity index (χ2n) is 7.26. The number of carbonyl (C=O) groups is 1. The number of hydrogen-bond acceptors (Lipinski definition) is 6. The number of ether oxygens (including phenoxy) is 2. The van der Waals surface area contributed by atoms with Crippen LogP contribution >= 0.6 is 0 Å². The Kier molecular flexibility index (Phi) is 12.0. The minimum Gasteiger partial charge on any atom is -0.395 e. The van der Waals surface area contributed by atoms with Gasteiger partial charge in [-0.1, -0.05) is 32.1 Å². The van der Waals surface area contributed by atoms with E-state index in [0.29, 0.717) is 13.0 Å². The Balaban J connectivity index is 1.98. The average Bonchev–Trinajstić information content (AvgIpc) is 2.60. The lowest BCUT2D eigenvalue weighted by Gasteiger charge is -2.36. The summed E-state index contributed by atoms with van der Waals surface area (Å²) in [5, 5.41) is 30.9. The van der Waals surface area contributed by atoms with Crippen molar-refractivity contribution in [1.29, 1.82) is 0 Å². The minimum atomic E-state index is -0.779. The summed E-state index contributed by atoms with van der Waals surface area (Å²) in [4.78, 5) is 11.4. The van der Waals surface area contributed by atoms with E-state index in [4.69, 9.17) is 14.6 Å². The summed E-state index contributed by atoms with van der Waals surface area (Å²) in [5.74, 6) is 0.0129. The van der Waals surface area contributed by atoms with Gasteiger partial charge in [0.1, 0.15) is 6.10 Å². The van der Waals surface area contributed by atoms with Gasteiger partial charge in [0.2, 0.25) is 5.91 Å². The smallest absolute Gasteiger partial charge is 0.220 e. The molecule has 0 aromatic heterocycles. The van der Waals surface area contributed by atoms with E-state index in [1.165, 1.54) is 0 Å². The molecule has 1 fully saturated rings.